The molecule has 174 valence electrons. The summed E-state index contributed by atoms with van der Waals surface area (Å²) in [7, 11) is 0. The first kappa shape index (κ1) is 23.8. The molecule has 1 aliphatic carbocycles. The van der Waals surface area contributed by atoms with Crippen LogP contribution < -0.4 is 24.8 Å². The summed E-state index contributed by atoms with van der Waals surface area (Å²) in [6.07, 6.45) is -7.73. The van der Waals surface area contributed by atoms with Gasteiger partial charge in [-0.25, -0.2) is 0 Å². The van der Waals surface area contributed by atoms with Crippen molar-refractivity contribution in [2.45, 2.75) is 44.1 Å². The van der Waals surface area contributed by atoms with E-state index < -0.39 is 12.7 Å². The number of halogens is 6. The van der Waals surface area contributed by atoms with Gasteiger partial charge in [0.05, 0.1) is 0 Å². The van der Waals surface area contributed by atoms with Crippen LogP contribution in [0.5, 0.6) is 17.2 Å². The maximum Gasteiger partial charge on any atom is 0.573 e. The van der Waals surface area contributed by atoms with Crippen molar-refractivity contribution in [3.63, 3.8) is 0 Å². The highest BCUT2D eigenvalue weighted by Crippen LogP contribution is 2.29. The van der Waals surface area contributed by atoms with E-state index in [0.29, 0.717) is 24.3 Å². The fourth-order valence-corrected chi connectivity index (χ4v) is 3.50. The Balaban J connectivity index is 1.46. The fraction of sp³-hybridized carbons (Fsp3) is 0.350. The first-order chi connectivity index (χ1) is 14.9. The fourth-order valence-electron chi connectivity index (χ4n) is 3.21. The van der Waals surface area contributed by atoms with Crippen LogP contribution in [-0.2, 0) is 0 Å². The molecule has 0 radical (unpaired) electrons. The highest BCUT2D eigenvalue weighted by atomic mass is 32.1. The third kappa shape index (κ3) is 7.98. The molecule has 1 aliphatic rings. The monoisotopic (exact) mass is 480 g/mol. The summed E-state index contributed by atoms with van der Waals surface area (Å²) in [4.78, 5) is 0. The maximum absolute atomic E-state index is 12.3. The maximum atomic E-state index is 12.3. The van der Waals surface area contributed by atoms with Crippen LogP contribution in [0.4, 0.5) is 32.0 Å². The van der Waals surface area contributed by atoms with E-state index in [4.69, 9.17) is 17.0 Å². The van der Waals surface area contributed by atoms with Gasteiger partial charge in [0, 0.05) is 24.2 Å². The SMILES string of the molecule is FC(F)(F)Oc1ccc(OC2CCC(NC(=S)Nc3cccc(OC(F)(F)F)c3)C2)cc1. The van der Waals surface area contributed by atoms with Gasteiger partial charge in [0.15, 0.2) is 5.11 Å². The Hall–Kier alpha value is -2.89. The molecule has 0 aromatic heterocycles. The van der Waals surface area contributed by atoms with Gasteiger partial charge in [0.2, 0.25) is 0 Å². The second kappa shape index (κ2) is 9.72. The minimum Gasteiger partial charge on any atom is -0.490 e. The molecule has 3 rings (SSSR count). The topological polar surface area (TPSA) is 51.8 Å². The summed E-state index contributed by atoms with van der Waals surface area (Å²) < 4.78 is 87.1. The number of hydrogen-bond acceptors (Lipinski definition) is 4. The van der Waals surface area contributed by atoms with Gasteiger partial charge in [-0.2, -0.15) is 0 Å². The van der Waals surface area contributed by atoms with Crippen LogP contribution in [0, 0.1) is 0 Å². The summed E-state index contributed by atoms with van der Waals surface area (Å²) in [6.45, 7) is 0. The van der Waals surface area contributed by atoms with E-state index in [1.807, 2.05) is 0 Å². The second-order valence-corrected chi connectivity index (χ2v) is 7.35. The van der Waals surface area contributed by atoms with Crippen molar-refractivity contribution in [2.24, 2.45) is 0 Å². The van der Waals surface area contributed by atoms with Crippen molar-refractivity contribution in [2.75, 3.05) is 5.32 Å². The Labute approximate surface area is 184 Å². The largest absolute Gasteiger partial charge is 0.573 e. The smallest absolute Gasteiger partial charge is 0.490 e. The van der Waals surface area contributed by atoms with E-state index in [1.165, 1.54) is 42.5 Å². The van der Waals surface area contributed by atoms with Crippen molar-refractivity contribution in [3.8, 4) is 17.2 Å². The van der Waals surface area contributed by atoms with Gasteiger partial charge in [-0.15, -0.1) is 26.3 Å². The zero-order valence-corrected chi connectivity index (χ0v) is 17.1. The quantitative estimate of drug-likeness (QED) is 0.405. The van der Waals surface area contributed by atoms with Gasteiger partial charge in [-0.05, 0) is 61.5 Å². The van der Waals surface area contributed by atoms with Gasteiger partial charge in [-0.3, -0.25) is 0 Å². The second-order valence-electron chi connectivity index (χ2n) is 6.94. The molecule has 2 aromatic carbocycles. The molecule has 0 saturated heterocycles. The van der Waals surface area contributed by atoms with E-state index in [1.54, 1.807) is 6.07 Å². The molecule has 5 nitrogen and oxygen atoms in total. The zero-order valence-electron chi connectivity index (χ0n) is 16.3. The Morgan fingerprint density at radius 2 is 1.47 bits per heavy atom. The highest BCUT2D eigenvalue weighted by molar-refractivity contribution is 7.80. The number of thiocarbonyl (C=S) groups is 1. The Morgan fingerprint density at radius 1 is 0.844 bits per heavy atom. The Kier molecular flexibility index (Phi) is 7.22. The van der Waals surface area contributed by atoms with Crippen molar-refractivity contribution in [1.82, 2.24) is 5.32 Å². The molecule has 2 unspecified atom stereocenters. The van der Waals surface area contributed by atoms with Crippen LogP contribution in [0.3, 0.4) is 0 Å². The molecular weight excluding hydrogens is 462 g/mol. The van der Waals surface area contributed by atoms with Crippen molar-refractivity contribution in [1.29, 1.82) is 0 Å². The summed E-state index contributed by atoms with van der Waals surface area (Å²) >= 11 is 5.22. The van der Waals surface area contributed by atoms with E-state index >= 15 is 0 Å². The Bertz CT molecular complexity index is 921. The van der Waals surface area contributed by atoms with E-state index in [0.717, 1.165) is 6.42 Å². The highest BCUT2D eigenvalue weighted by Gasteiger charge is 2.32. The standard InChI is InChI=1S/C20H18F6N2O3S/c21-19(22,23)30-15-8-6-14(7-9-15)29-16-5-4-13(10-16)28-18(32)27-12-2-1-3-17(11-12)31-20(24,25)26/h1-3,6-9,11,13,16H,4-5,10H2,(H2,27,28,32). The summed E-state index contributed by atoms with van der Waals surface area (Å²) in [6, 6.07) is 10.4. The molecule has 2 N–H and O–H groups in total. The number of hydrogen-bond donors (Lipinski definition) is 2. The lowest BCUT2D eigenvalue weighted by Crippen LogP contribution is -2.36. The van der Waals surface area contributed by atoms with E-state index in [9.17, 15) is 26.3 Å². The predicted octanol–water partition coefficient (Wildman–Crippen LogP) is 5.77. The number of rotatable bonds is 6. The van der Waals surface area contributed by atoms with Crippen molar-refractivity contribution >= 4 is 23.0 Å². The minimum absolute atomic E-state index is 0.0394. The van der Waals surface area contributed by atoms with Gasteiger partial charge in [0.1, 0.15) is 23.4 Å². The first-order valence-corrected chi connectivity index (χ1v) is 9.82. The van der Waals surface area contributed by atoms with Gasteiger partial charge in [0.25, 0.3) is 0 Å². The summed E-state index contributed by atoms with van der Waals surface area (Å²) in [5, 5.41) is 6.12. The number of ether oxygens (including phenoxy) is 3. The number of anilines is 1. The minimum atomic E-state index is -4.79. The van der Waals surface area contributed by atoms with Crippen LogP contribution in [-0.4, -0.2) is 30.0 Å². The van der Waals surface area contributed by atoms with Crippen LogP contribution >= 0.6 is 12.2 Å². The molecule has 0 bridgehead atoms. The molecule has 32 heavy (non-hydrogen) atoms. The predicted molar refractivity (Wildman–Crippen MR) is 108 cm³/mol. The number of benzene rings is 2. The lowest BCUT2D eigenvalue weighted by molar-refractivity contribution is -0.275. The molecule has 1 saturated carbocycles. The van der Waals surface area contributed by atoms with Crippen molar-refractivity contribution < 1.29 is 40.6 Å². The average Bonchev–Trinajstić information content (AvgIpc) is 3.07. The zero-order chi connectivity index (χ0) is 23.4. The third-order valence-corrected chi connectivity index (χ3v) is 4.63. The Morgan fingerprint density at radius 3 is 2.12 bits per heavy atom. The molecular formula is C20H18F6N2O3S. The molecule has 2 aromatic rings. The molecule has 0 spiro atoms. The van der Waals surface area contributed by atoms with E-state index in [-0.39, 0.29) is 28.8 Å². The summed E-state index contributed by atoms with van der Waals surface area (Å²) in [5.41, 5.74) is 0.330. The van der Waals surface area contributed by atoms with Gasteiger partial charge < -0.3 is 24.8 Å². The van der Waals surface area contributed by atoms with E-state index in [2.05, 4.69) is 20.1 Å². The van der Waals surface area contributed by atoms with Gasteiger partial charge >= 0.3 is 12.7 Å². The van der Waals surface area contributed by atoms with Crippen LogP contribution in [0.1, 0.15) is 19.3 Å². The van der Waals surface area contributed by atoms with Crippen LogP contribution in [0.25, 0.3) is 0 Å². The normalized spacial score (nSPS) is 18.7. The lowest BCUT2D eigenvalue weighted by atomic mass is 10.2. The summed E-state index contributed by atoms with van der Waals surface area (Å²) in [5.74, 6) is -0.296. The van der Waals surface area contributed by atoms with Crippen LogP contribution in [0.15, 0.2) is 48.5 Å². The van der Waals surface area contributed by atoms with Gasteiger partial charge in [-0.1, -0.05) is 6.07 Å². The molecule has 12 heteroatoms. The average molecular weight is 480 g/mol. The van der Waals surface area contributed by atoms with Crippen molar-refractivity contribution in [3.05, 3.63) is 48.5 Å². The molecule has 0 amide bonds. The molecule has 1 fully saturated rings. The first-order valence-electron chi connectivity index (χ1n) is 9.41. The molecule has 0 heterocycles. The third-order valence-electron chi connectivity index (χ3n) is 4.41. The molecule has 2 atom stereocenters. The van der Waals surface area contributed by atoms with Crippen LogP contribution in [0.2, 0.25) is 0 Å². The number of alkyl halides is 6. The molecule has 0 aliphatic heterocycles. The number of nitrogens with one attached hydrogen (secondary N) is 2. The lowest BCUT2D eigenvalue weighted by Gasteiger charge is -2.18.